The molecule has 2 rings (SSSR count). The second-order valence-electron chi connectivity index (χ2n) is 6.57. The Bertz CT molecular complexity index is 547. The molecule has 1 fully saturated rings. The molecule has 5 heteroatoms. The highest BCUT2D eigenvalue weighted by atomic mass is 16.6. The van der Waals surface area contributed by atoms with Crippen molar-refractivity contribution in [1.82, 2.24) is 5.32 Å². The highest BCUT2D eigenvalue weighted by molar-refractivity contribution is 5.68. The highest BCUT2D eigenvalue weighted by Gasteiger charge is 2.23. The van der Waals surface area contributed by atoms with Crippen LogP contribution in [0, 0.1) is 11.3 Å². The van der Waals surface area contributed by atoms with Crippen LogP contribution in [-0.2, 0) is 4.74 Å². The lowest BCUT2D eigenvalue weighted by Crippen LogP contribution is -2.46. The first-order valence-electron chi connectivity index (χ1n) is 7.62. The average molecular weight is 301 g/mol. The summed E-state index contributed by atoms with van der Waals surface area (Å²) in [6.07, 6.45) is 1.43. The number of carbonyl (C=O) groups is 1. The van der Waals surface area contributed by atoms with Crippen LogP contribution in [0.2, 0.25) is 0 Å². The van der Waals surface area contributed by atoms with Crippen molar-refractivity contribution in [1.29, 1.82) is 5.26 Å². The molecule has 118 valence electrons. The number of carbonyl (C=O) groups excluding carboxylic acids is 1. The minimum atomic E-state index is -0.465. The zero-order valence-electron chi connectivity index (χ0n) is 13.4. The molecule has 1 heterocycles. The Kier molecular flexibility index (Phi) is 4.92. The van der Waals surface area contributed by atoms with Gasteiger partial charge >= 0.3 is 6.09 Å². The standard InChI is InChI=1S/C17H23N3O2/c1-17(2,3)22-16(21)19-14-8-10-20(11-9-14)15-6-4-13(12-18)5-7-15/h4-7,14H,8-11H2,1-3H3,(H,19,21). The Morgan fingerprint density at radius 1 is 1.27 bits per heavy atom. The van der Waals surface area contributed by atoms with Crippen LogP contribution < -0.4 is 10.2 Å². The summed E-state index contributed by atoms with van der Waals surface area (Å²) >= 11 is 0. The molecule has 0 saturated carbocycles. The SMILES string of the molecule is CC(C)(C)OC(=O)NC1CCN(c2ccc(C#N)cc2)CC1. The van der Waals surface area contributed by atoms with Gasteiger partial charge in [-0.2, -0.15) is 5.26 Å². The predicted octanol–water partition coefficient (Wildman–Crippen LogP) is 3.05. The van der Waals surface area contributed by atoms with Gasteiger partial charge in [-0.05, 0) is 57.9 Å². The molecular formula is C17H23N3O2. The van der Waals surface area contributed by atoms with Gasteiger partial charge in [0.15, 0.2) is 0 Å². The molecule has 0 aliphatic carbocycles. The molecule has 1 N–H and O–H groups in total. The number of nitrogens with zero attached hydrogens (tertiary/aromatic N) is 2. The maximum absolute atomic E-state index is 11.8. The van der Waals surface area contributed by atoms with Crippen molar-refractivity contribution >= 4 is 11.8 Å². The fourth-order valence-electron chi connectivity index (χ4n) is 2.50. The van der Waals surface area contributed by atoms with E-state index in [1.165, 1.54) is 0 Å². The molecule has 1 aliphatic rings. The first-order valence-corrected chi connectivity index (χ1v) is 7.62. The van der Waals surface area contributed by atoms with Crippen LogP contribution in [0.15, 0.2) is 24.3 Å². The third-order valence-corrected chi connectivity index (χ3v) is 3.58. The van der Waals surface area contributed by atoms with Crippen molar-refractivity contribution in [2.45, 2.75) is 45.3 Å². The topological polar surface area (TPSA) is 65.4 Å². The van der Waals surface area contributed by atoms with E-state index < -0.39 is 5.60 Å². The molecule has 0 unspecified atom stereocenters. The Hall–Kier alpha value is -2.22. The molecule has 1 aliphatic heterocycles. The highest BCUT2D eigenvalue weighted by Crippen LogP contribution is 2.20. The third kappa shape index (κ3) is 4.66. The number of anilines is 1. The third-order valence-electron chi connectivity index (χ3n) is 3.58. The number of amides is 1. The number of piperidine rings is 1. The number of hydrogen-bond donors (Lipinski definition) is 1. The van der Waals surface area contributed by atoms with E-state index in [0.717, 1.165) is 31.6 Å². The van der Waals surface area contributed by atoms with E-state index in [0.29, 0.717) is 5.56 Å². The maximum Gasteiger partial charge on any atom is 0.407 e. The quantitative estimate of drug-likeness (QED) is 0.911. The second-order valence-corrected chi connectivity index (χ2v) is 6.57. The summed E-state index contributed by atoms with van der Waals surface area (Å²) < 4.78 is 5.28. The van der Waals surface area contributed by atoms with Crippen LogP contribution in [0.1, 0.15) is 39.2 Å². The lowest BCUT2D eigenvalue weighted by atomic mass is 10.0. The van der Waals surface area contributed by atoms with Gasteiger partial charge < -0.3 is 15.0 Å². The molecule has 0 radical (unpaired) electrons. The fraction of sp³-hybridized carbons (Fsp3) is 0.529. The zero-order valence-corrected chi connectivity index (χ0v) is 13.4. The average Bonchev–Trinajstić information content (AvgIpc) is 2.46. The number of nitriles is 1. The number of nitrogens with one attached hydrogen (secondary N) is 1. The summed E-state index contributed by atoms with van der Waals surface area (Å²) in [5.41, 5.74) is 1.33. The van der Waals surface area contributed by atoms with Crippen molar-refractivity contribution in [3.63, 3.8) is 0 Å². The van der Waals surface area contributed by atoms with E-state index in [4.69, 9.17) is 10.00 Å². The normalized spacial score (nSPS) is 16.0. The monoisotopic (exact) mass is 301 g/mol. The lowest BCUT2D eigenvalue weighted by molar-refractivity contribution is 0.0497. The maximum atomic E-state index is 11.8. The van der Waals surface area contributed by atoms with Gasteiger partial charge in [-0.3, -0.25) is 0 Å². The Morgan fingerprint density at radius 3 is 2.36 bits per heavy atom. The summed E-state index contributed by atoms with van der Waals surface area (Å²) in [7, 11) is 0. The molecule has 5 nitrogen and oxygen atoms in total. The molecule has 22 heavy (non-hydrogen) atoms. The van der Waals surface area contributed by atoms with Crippen molar-refractivity contribution in [2.75, 3.05) is 18.0 Å². The van der Waals surface area contributed by atoms with Crippen LogP contribution in [0.3, 0.4) is 0 Å². The fourth-order valence-corrected chi connectivity index (χ4v) is 2.50. The minimum Gasteiger partial charge on any atom is -0.444 e. The molecule has 1 saturated heterocycles. The van der Waals surface area contributed by atoms with Gasteiger partial charge in [-0.15, -0.1) is 0 Å². The summed E-state index contributed by atoms with van der Waals surface area (Å²) in [4.78, 5) is 14.0. The summed E-state index contributed by atoms with van der Waals surface area (Å²) in [6, 6.07) is 9.89. The summed E-state index contributed by atoms with van der Waals surface area (Å²) in [6.45, 7) is 7.35. The first-order chi connectivity index (χ1) is 10.4. The van der Waals surface area contributed by atoms with Gasteiger partial charge in [-0.1, -0.05) is 0 Å². The van der Waals surface area contributed by atoms with Crippen LogP contribution in [-0.4, -0.2) is 30.8 Å². The molecular weight excluding hydrogens is 278 g/mol. The number of ether oxygens (including phenoxy) is 1. The Labute approximate surface area is 131 Å². The largest absolute Gasteiger partial charge is 0.444 e. The van der Waals surface area contributed by atoms with E-state index >= 15 is 0 Å². The van der Waals surface area contributed by atoms with E-state index in [-0.39, 0.29) is 12.1 Å². The van der Waals surface area contributed by atoms with Gasteiger partial charge in [0.1, 0.15) is 5.60 Å². The number of benzene rings is 1. The van der Waals surface area contributed by atoms with Gasteiger partial charge in [0.25, 0.3) is 0 Å². The zero-order chi connectivity index (χ0) is 16.2. The van der Waals surface area contributed by atoms with Crippen molar-refractivity contribution in [3.05, 3.63) is 29.8 Å². The van der Waals surface area contributed by atoms with Crippen LogP contribution in [0.5, 0.6) is 0 Å². The molecule has 1 aromatic carbocycles. The second kappa shape index (κ2) is 6.69. The van der Waals surface area contributed by atoms with E-state index in [9.17, 15) is 4.79 Å². The van der Waals surface area contributed by atoms with E-state index in [1.54, 1.807) is 0 Å². The van der Waals surface area contributed by atoms with E-state index in [1.807, 2.05) is 45.0 Å². The predicted molar refractivity (Wildman–Crippen MR) is 85.8 cm³/mol. The van der Waals surface area contributed by atoms with Crippen molar-refractivity contribution in [2.24, 2.45) is 0 Å². The molecule has 0 atom stereocenters. The molecule has 0 spiro atoms. The van der Waals surface area contributed by atoms with Crippen LogP contribution >= 0.6 is 0 Å². The van der Waals surface area contributed by atoms with Gasteiger partial charge in [0.05, 0.1) is 11.6 Å². The molecule has 1 amide bonds. The lowest BCUT2D eigenvalue weighted by Gasteiger charge is -2.34. The minimum absolute atomic E-state index is 0.157. The van der Waals surface area contributed by atoms with E-state index in [2.05, 4.69) is 16.3 Å². The van der Waals surface area contributed by atoms with Crippen LogP contribution in [0.25, 0.3) is 0 Å². The van der Waals surface area contributed by atoms with Gasteiger partial charge in [0, 0.05) is 24.8 Å². The Balaban J connectivity index is 1.82. The smallest absolute Gasteiger partial charge is 0.407 e. The number of hydrogen-bond acceptors (Lipinski definition) is 4. The van der Waals surface area contributed by atoms with Crippen molar-refractivity contribution in [3.8, 4) is 6.07 Å². The van der Waals surface area contributed by atoms with Crippen molar-refractivity contribution < 1.29 is 9.53 Å². The van der Waals surface area contributed by atoms with Gasteiger partial charge in [0.2, 0.25) is 0 Å². The molecule has 0 bridgehead atoms. The molecule has 0 aromatic heterocycles. The Morgan fingerprint density at radius 2 is 1.86 bits per heavy atom. The molecule has 1 aromatic rings. The summed E-state index contributed by atoms with van der Waals surface area (Å²) in [5, 5.41) is 11.8. The first kappa shape index (κ1) is 16.2. The summed E-state index contributed by atoms with van der Waals surface area (Å²) in [5.74, 6) is 0. The van der Waals surface area contributed by atoms with Crippen LogP contribution in [0.4, 0.5) is 10.5 Å². The number of alkyl carbamates (subject to hydrolysis) is 1. The number of rotatable bonds is 2. The van der Waals surface area contributed by atoms with Gasteiger partial charge in [-0.25, -0.2) is 4.79 Å².